The van der Waals surface area contributed by atoms with Gasteiger partial charge in [0.25, 0.3) is 5.91 Å². The molecule has 0 spiro atoms. The van der Waals surface area contributed by atoms with E-state index in [2.05, 4.69) is 5.32 Å². The number of primary amides is 1. The van der Waals surface area contributed by atoms with Gasteiger partial charge in [-0.25, -0.2) is 9.18 Å². The number of aliphatic carboxylic acids is 1. The number of rotatable bonds is 8. The summed E-state index contributed by atoms with van der Waals surface area (Å²) >= 11 is 0. The van der Waals surface area contributed by atoms with Crippen LogP contribution in [0.4, 0.5) is 4.39 Å². The summed E-state index contributed by atoms with van der Waals surface area (Å²) in [7, 11) is 0. The van der Waals surface area contributed by atoms with E-state index >= 15 is 0 Å². The van der Waals surface area contributed by atoms with Gasteiger partial charge in [-0.05, 0) is 18.6 Å². The number of carboxylic acid groups (broad SMARTS) is 1. The third-order valence-corrected chi connectivity index (χ3v) is 2.51. The normalized spacial score (nSPS) is 11.5. The molecule has 7 nitrogen and oxygen atoms in total. The van der Waals surface area contributed by atoms with Gasteiger partial charge in [-0.3, -0.25) is 9.59 Å². The van der Waals surface area contributed by atoms with Crippen molar-refractivity contribution in [3.8, 4) is 5.75 Å². The topological polar surface area (TPSA) is 119 Å². The number of hydrogen-bond acceptors (Lipinski definition) is 4. The Balaban J connectivity index is 2.49. The minimum Gasteiger partial charge on any atom is -0.481 e. The zero-order chi connectivity index (χ0) is 15.8. The molecule has 0 saturated carbocycles. The maximum absolute atomic E-state index is 13.2. The van der Waals surface area contributed by atoms with Gasteiger partial charge in [0.15, 0.2) is 18.2 Å². The van der Waals surface area contributed by atoms with Gasteiger partial charge in [0.05, 0.1) is 0 Å². The quantitative estimate of drug-likeness (QED) is 0.626. The van der Waals surface area contributed by atoms with Crippen molar-refractivity contribution in [1.82, 2.24) is 5.32 Å². The van der Waals surface area contributed by atoms with Crippen molar-refractivity contribution in [1.29, 1.82) is 0 Å². The van der Waals surface area contributed by atoms with Gasteiger partial charge < -0.3 is 20.9 Å². The fourth-order valence-corrected chi connectivity index (χ4v) is 1.49. The first kappa shape index (κ1) is 16.4. The zero-order valence-electron chi connectivity index (χ0n) is 11.0. The van der Waals surface area contributed by atoms with Gasteiger partial charge in [0.2, 0.25) is 5.91 Å². The summed E-state index contributed by atoms with van der Waals surface area (Å²) < 4.78 is 18.2. The predicted octanol–water partition coefficient (Wildman–Crippen LogP) is 0.0394. The van der Waals surface area contributed by atoms with Crippen LogP contribution in [0.3, 0.4) is 0 Å². The van der Waals surface area contributed by atoms with Crippen LogP contribution in [-0.2, 0) is 14.4 Å². The van der Waals surface area contributed by atoms with Crippen LogP contribution < -0.4 is 15.8 Å². The number of nitrogens with one attached hydrogen (secondary N) is 1. The van der Waals surface area contributed by atoms with Crippen LogP contribution in [0.1, 0.15) is 12.8 Å². The van der Waals surface area contributed by atoms with E-state index in [1.807, 2.05) is 0 Å². The summed E-state index contributed by atoms with van der Waals surface area (Å²) in [6.07, 6.45) is -0.304. The van der Waals surface area contributed by atoms with E-state index in [0.29, 0.717) is 0 Å². The Kier molecular flexibility index (Phi) is 6.12. The molecule has 0 saturated heterocycles. The van der Waals surface area contributed by atoms with E-state index < -0.39 is 36.2 Å². The average Bonchev–Trinajstić information content (AvgIpc) is 2.42. The molecule has 2 amide bonds. The Morgan fingerprint density at radius 3 is 2.57 bits per heavy atom. The molecule has 1 aromatic carbocycles. The molecule has 1 unspecified atom stereocenters. The number of ether oxygens (including phenoxy) is 1. The predicted molar refractivity (Wildman–Crippen MR) is 69.9 cm³/mol. The highest BCUT2D eigenvalue weighted by atomic mass is 19.1. The largest absolute Gasteiger partial charge is 0.481 e. The van der Waals surface area contributed by atoms with E-state index in [-0.39, 0.29) is 18.6 Å². The van der Waals surface area contributed by atoms with Crippen molar-refractivity contribution in [2.45, 2.75) is 18.9 Å². The lowest BCUT2D eigenvalue weighted by Gasteiger charge is -2.14. The fourth-order valence-electron chi connectivity index (χ4n) is 1.49. The average molecular weight is 298 g/mol. The lowest BCUT2D eigenvalue weighted by Crippen LogP contribution is -2.43. The summed E-state index contributed by atoms with van der Waals surface area (Å²) in [5, 5.41) is 11.1. The van der Waals surface area contributed by atoms with Crippen molar-refractivity contribution in [3.05, 3.63) is 30.1 Å². The zero-order valence-corrected chi connectivity index (χ0v) is 11.0. The molecule has 0 bridgehead atoms. The fraction of sp³-hybridized carbons (Fsp3) is 0.308. The molecule has 1 rings (SSSR count). The Hall–Kier alpha value is -2.64. The number of carbonyl (C=O) groups excluding carboxylic acids is 2. The highest BCUT2D eigenvalue weighted by Gasteiger charge is 2.20. The van der Waals surface area contributed by atoms with Gasteiger partial charge >= 0.3 is 5.97 Å². The number of carboxylic acids is 1. The van der Waals surface area contributed by atoms with Gasteiger partial charge in [-0.2, -0.15) is 0 Å². The highest BCUT2D eigenvalue weighted by Crippen LogP contribution is 2.14. The molecule has 1 aromatic rings. The van der Waals surface area contributed by atoms with Crippen molar-refractivity contribution in [2.24, 2.45) is 5.73 Å². The molecule has 0 aliphatic rings. The first-order valence-electron chi connectivity index (χ1n) is 6.08. The summed E-state index contributed by atoms with van der Waals surface area (Å²) in [6, 6.07) is 4.24. The third-order valence-electron chi connectivity index (χ3n) is 2.51. The first-order chi connectivity index (χ1) is 9.90. The summed E-state index contributed by atoms with van der Waals surface area (Å²) in [5.41, 5.74) is 4.91. The number of benzene rings is 1. The van der Waals surface area contributed by atoms with Crippen molar-refractivity contribution in [2.75, 3.05) is 6.61 Å². The van der Waals surface area contributed by atoms with Gasteiger partial charge in [-0.15, -0.1) is 0 Å². The monoisotopic (exact) mass is 298 g/mol. The van der Waals surface area contributed by atoms with Crippen molar-refractivity contribution < 1.29 is 28.6 Å². The Labute approximate surface area is 119 Å². The molecular weight excluding hydrogens is 283 g/mol. The van der Waals surface area contributed by atoms with E-state index in [9.17, 15) is 18.8 Å². The second kappa shape index (κ2) is 7.83. The molecule has 1 atom stereocenters. The third kappa shape index (κ3) is 5.89. The molecule has 0 fully saturated rings. The smallest absolute Gasteiger partial charge is 0.326 e. The molecule has 0 aliphatic carbocycles. The van der Waals surface area contributed by atoms with Crippen molar-refractivity contribution >= 4 is 17.8 Å². The number of halogens is 1. The van der Waals surface area contributed by atoms with Crippen LogP contribution in [-0.4, -0.2) is 35.5 Å². The van der Waals surface area contributed by atoms with E-state index in [1.165, 1.54) is 24.3 Å². The maximum atomic E-state index is 13.2. The van der Waals surface area contributed by atoms with E-state index in [0.717, 1.165) is 0 Å². The van der Waals surface area contributed by atoms with Gasteiger partial charge in [-0.1, -0.05) is 12.1 Å². The molecule has 114 valence electrons. The second-order valence-electron chi connectivity index (χ2n) is 4.18. The van der Waals surface area contributed by atoms with Crippen molar-refractivity contribution in [3.63, 3.8) is 0 Å². The molecule has 0 aromatic heterocycles. The van der Waals surface area contributed by atoms with Crippen LogP contribution >= 0.6 is 0 Å². The molecule has 4 N–H and O–H groups in total. The Morgan fingerprint density at radius 1 is 1.33 bits per heavy atom. The summed E-state index contributed by atoms with van der Waals surface area (Å²) in [4.78, 5) is 33.1. The second-order valence-corrected chi connectivity index (χ2v) is 4.18. The van der Waals surface area contributed by atoms with E-state index in [1.54, 1.807) is 0 Å². The number of hydrogen-bond donors (Lipinski definition) is 3. The van der Waals surface area contributed by atoms with Crippen LogP contribution in [0.5, 0.6) is 5.75 Å². The maximum Gasteiger partial charge on any atom is 0.326 e. The number of carbonyl (C=O) groups is 3. The molecule has 0 radical (unpaired) electrons. The van der Waals surface area contributed by atoms with Gasteiger partial charge in [0.1, 0.15) is 6.04 Å². The first-order valence-corrected chi connectivity index (χ1v) is 6.08. The van der Waals surface area contributed by atoms with Crippen LogP contribution in [0.2, 0.25) is 0 Å². The lowest BCUT2D eigenvalue weighted by molar-refractivity contribution is -0.142. The Morgan fingerprint density at radius 2 is 2.00 bits per heavy atom. The number of amides is 2. The molecule has 8 heteroatoms. The minimum absolute atomic E-state index is 0.114. The number of nitrogens with two attached hydrogens (primary N) is 1. The number of para-hydroxylation sites is 1. The highest BCUT2D eigenvalue weighted by molar-refractivity contribution is 5.85. The standard InChI is InChI=1S/C13H15FN2O5/c14-8-3-1-2-4-10(8)21-7-12(18)16-9(13(19)20)5-6-11(15)17/h1-4,9H,5-7H2,(H2,15,17)(H,16,18)(H,19,20). The molecule has 0 heterocycles. The molecule has 21 heavy (non-hydrogen) atoms. The van der Waals surface area contributed by atoms with E-state index in [4.69, 9.17) is 15.6 Å². The van der Waals surface area contributed by atoms with Crippen LogP contribution in [0.25, 0.3) is 0 Å². The lowest BCUT2D eigenvalue weighted by atomic mass is 10.1. The Bertz CT molecular complexity index is 535. The van der Waals surface area contributed by atoms with Crippen LogP contribution in [0.15, 0.2) is 24.3 Å². The van der Waals surface area contributed by atoms with Gasteiger partial charge in [0, 0.05) is 6.42 Å². The molecular formula is C13H15FN2O5. The molecule has 0 aliphatic heterocycles. The minimum atomic E-state index is -1.30. The SMILES string of the molecule is NC(=O)CCC(NC(=O)COc1ccccc1F)C(=O)O. The summed E-state index contributed by atoms with van der Waals surface area (Å²) in [6.45, 7) is -0.540. The summed E-state index contributed by atoms with van der Waals surface area (Å²) in [5.74, 6) is -3.45. The van der Waals surface area contributed by atoms with Crippen LogP contribution in [0, 0.1) is 5.82 Å².